The summed E-state index contributed by atoms with van der Waals surface area (Å²) in [7, 11) is 1.41. The van der Waals surface area contributed by atoms with Crippen LogP contribution < -0.4 is 11.1 Å². The average molecular weight is 277 g/mol. The maximum atomic E-state index is 11.6. The largest absolute Gasteiger partial charge is 0.468 e. The highest BCUT2D eigenvalue weighted by molar-refractivity contribution is 5.85. The summed E-state index contributed by atoms with van der Waals surface area (Å²) in [4.78, 5) is 11.6. The van der Waals surface area contributed by atoms with E-state index < -0.39 is 5.54 Å². The summed E-state index contributed by atoms with van der Waals surface area (Å²) in [6.45, 7) is 2.79. The van der Waals surface area contributed by atoms with E-state index in [4.69, 9.17) is 10.5 Å². The van der Waals surface area contributed by atoms with E-state index in [1.54, 1.807) is 6.92 Å². The summed E-state index contributed by atoms with van der Waals surface area (Å²) >= 11 is 0. The smallest absolute Gasteiger partial charge is 0.325 e. The molecule has 0 aromatic heterocycles. The molecule has 0 spiro atoms. The molecule has 1 saturated carbocycles. The number of nitrogens with two attached hydrogens (primary N) is 1. The molecule has 0 aromatic carbocycles. The normalized spacial score (nSPS) is 34.1. The van der Waals surface area contributed by atoms with Gasteiger partial charge in [-0.15, -0.1) is 12.4 Å². The number of rotatable bonds is 3. The summed E-state index contributed by atoms with van der Waals surface area (Å²) in [5.74, 6) is 0.933. The van der Waals surface area contributed by atoms with E-state index in [1.165, 1.54) is 32.8 Å². The minimum atomic E-state index is -0.840. The van der Waals surface area contributed by atoms with Crippen LogP contribution in [0.15, 0.2) is 0 Å². The molecule has 106 valence electrons. The van der Waals surface area contributed by atoms with Crippen molar-refractivity contribution in [3.8, 4) is 0 Å². The molecule has 0 aromatic rings. The van der Waals surface area contributed by atoms with Crippen LogP contribution in [0.4, 0.5) is 0 Å². The van der Waals surface area contributed by atoms with Crippen molar-refractivity contribution in [3.05, 3.63) is 0 Å². The molecule has 1 heterocycles. The topological polar surface area (TPSA) is 64.3 Å². The highest BCUT2D eigenvalue weighted by Gasteiger charge is 2.42. The summed E-state index contributed by atoms with van der Waals surface area (Å²) in [6.07, 6.45) is 5.94. The number of carbonyl (C=O) groups excluding carboxylic acids is 1. The van der Waals surface area contributed by atoms with Crippen molar-refractivity contribution in [2.75, 3.05) is 13.7 Å². The summed E-state index contributed by atoms with van der Waals surface area (Å²) in [5, 5.41) is 3.58. The highest BCUT2D eigenvalue weighted by atomic mass is 35.5. The Hall–Kier alpha value is -0.320. The van der Waals surface area contributed by atoms with Gasteiger partial charge in [-0.25, -0.2) is 0 Å². The van der Waals surface area contributed by atoms with Gasteiger partial charge < -0.3 is 15.8 Å². The van der Waals surface area contributed by atoms with E-state index in [1.807, 2.05) is 0 Å². The number of halogens is 1. The Labute approximate surface area is 115 Å². The number of methoxy groups -OCH3 is 1. The number of hydrogen-bond acceptors (Lipinski definition) is 4. The number of nitrogens with one attached hydrogen (secondary N) is 1. The molecule has 0 amide bonds. The van der Waals surface area contributed by atoms with Crippen LogP contribution in [0.3, 0.4) is 0 Å². The molecule has 0 radical (unpaired) electrons. The van der Waals surface area contributed by atoms with E-state index in [0.717, 1.165) is 13.0 Å². The van der Waals surface area contributed by atoms with Crippen LogP contribution in [0, 0.1) is 11.8 Å². The molecule has 4 nitrogen and oxygen atoms in total. The Morgan fingerprint density at radius 1 is 1.44 bits per heavy atom. The van der Waals surface area contributed by atoms with Crippen LogP contribution in [-0.2, 0) is 9.53 Å². The van der Waals surface area contributed by atoms with Crippen molar-refractivity contribution in [1.82, 2.24) is 5.32 Å². The van der Waals surface area contributed by atoms with E-state index in [2.05, 4.69) is 5.32 Å². The lowest BCUT2D eigenvalue weighted by Crippen LogP contribution is -2.48. The van der Waals surface area contributed by atoms with E-state index in [0.29, 0.717) is 17.9 Å². The fourth-order valence-electron chi connectivity index (χ4n) is 3.52. The molecule has 2 fully saturated rings. The first-order valence-corrected chi connectivity index (χ1v) is 6.65. The lowest BCUT2D eigenvalue weighted by atomic mass is 9.75. The van der Waals surface area contributed by atoms with Gasteiger partial charge in [-0.3, -0.25) is 4.79 Å². The van der Waals surface area contributed by atoms with Gasteiger partial charge in [0.1, 0.15) is 5.54 Å². The lowest BCUT2D eigenvalue weighted by Gasteiger charge is -2.32. The van der Waals surface area contributed by atoms with Crippen molar-refractivity contribution in [2.45, 2.75) is 50.6 Å². The standard InChI is InChI=1S/C13H24N2O2.ClH/c1-13(14,12(16)17-2)7-9-8-15-11-6-4-3-5-10(9)11;/h9-11,15H,3-8,14H2,1-2H3;1H. The SMILES string of the molecule is COC(=O)C(C)(N)CC1CNC2CCCCC12.Cl. The molecule has 3 N–H and O–H groups in total. The van der Waals surface area contributed by atoms with Gasteiger partial charge in [-0.1, -0.05) is 12.8 Å². The zero-order chi connectivity index (χ0) is 12.5. The maximum Gasteiger partial charge on any atom is 0.325 e. The van der Waals surface area contributed by atoms with Crippen molar-refractivity contribution < 1.29 is 9.53 Å². The second-order valence-corrected chi connectivity index (χ2v) is 5.84. The number of fused-ring (bicyclic) bond motifs is 1. The molecule has 1 aliphatic carbocycles. The van der Waals surface area contributed by atoms with Crippen LogP contribution in [0.25, 0.3) is 0 Å². The summed E-state index contributed by atoms with van der Waals surface area (Å²) in [5.41, 5.74) is 5.23. The highest BCUT2D eigenvalue weighted by Crippen LogP contribution is 2.38. The van der Waals surface area contributed by atoms with Gasteiger partial charge in [-0.2, -0.15) is 0 Å². The molecular weight excluding hydrogens is 252 g/mol. The van der Waals surface area contributed by atoms with Crippen molar-refractivity contribution in [3.63, 3.8) is 0 Å². The molecule has 5 heteroatoms. The van der Waals surface area contributed by atoms with Crippen molar-refractivity contribution >= 4 is 18.4 Å². The van der Waals surface area contributed by atoms with Gasteiger partial charge in [0.15, 0.2) is 0 Å². The molecule has 0 bridgehead atoms. The lowest BCUT2D eigenvalue weighted by molar-refractivity contribution is -0.147. The van der Waals surface area contributed by atoms with Crippen LogP contribution in [0.2, 0.25) is 0 Å². The maximum absolute atomic E-state index is 11.6. The Balaban J connectivity index is 0.00000162. The number of esters is 1. The second-order valence-electron chi connectivity index (χ2n) is 5.84. The van der Waals surface area contributed by atoms with Gasteiger partial charge >= 0.3 is 5.97 Å². The van der Waals surface area contributed by atoms with Crippen LogP contribution in [0.5, 0.6) is 0 Å². The van der Waals surface area contributed by atoms with Gasteiger partial charge in [0, 0.05) is 6.04 Å². The molecule has 4 unspecified atom stereocenters. The van der Waals surface area contributed by atoms with Crippen LogP contribution >= 0.6 is 12.4 Å². The number of hydrogen-bond donors (Lipinski definition) is 2. The van der Waals surface area contributed by atoms with Crippen molar-refractivity contribution in [2.24, 2.45) is 17.6 Å². The first kappa shape index (κ1) is 15.7. The third-order valence-electron chi connectivity index (χ3n) is 4.41. The van der Waals surface area contributed by atoms with Gasteiger partial charge in [0.05, 0.1) is 7.11 Å². The van der Waals surface area contributed by atoms with E-state index >= 15 is 0 Å². The average Bonchev–Trinajstić information content (AvgIpc) is 2.71. The van der Waals surface area contributed by atoms with Crippen LogP contribution in [-0.4, -0.2) is 31.2 Å². The second kappa shape index (κ2) is 6.22. The molecule has 1 saturated heterocycles. The van der Waals surface area contributed by atoms with Gasteiger partial charge in [-0.05, 0) is 44.6 Å². The molecule has 4 atom stereocenters. The zero-order valence-electron chi connectivity index (χ0n) is 11.3. The van der Waals surface area contributed by atoms with Crippen LogP contribution in [0.1, 0.15) is 39.0 Å². The van der Waals surface area contributed by atoms with E-state index in [9.17, 15) is 4.79 Å². The minimum absolute atomic E-state index is 0. The Kier molecular flexibility index (Phi) is 5.44. The predicted octanol–water partition coefficient (Wildman–Crippen LogP) is 1.47. The molecule has 2 rings (SSSR count). The third kappa shape index (κ3) is 3.16. The monoisotopic (exact) mass is 276 g/mol. The summed E-state index contributed by atoms with van der Waals surface area (Å²) < 4.78 is 4.78. The fourth-order valence-corrected chi connectivity index (χ4v) is 3.52. The molecule has 2 aliphatic rings. The summed E-state index contributed by atoms with van der Waals surface area (Å²) in [6, 6.07) is 0.655. The molecule has 18 heavy (non-hydrogen) atoms. The molecular formula is C13H25ClN2O2. The zero-order valence-corrected chi connectivity index (χ0v) is 12.1. The van der Waals surface area contributed by atoms with Crippen molar-refractivity contribution in [1.29, 1.82) is 0 Å². The fraction of sp³-hybridized carbons (Fsp3) is 0.923. The van der Waals surface area contributed by atoms with Gasteiger partial charge in [0.25, 0.3) is 0 Å². The predicted molar refractivity (Wildman–Crippen MR) is 73.7 cm³/mol. The van der Waals surface area contributed by atoms with E-state index in [-0.39, 0.29) is 18.4 Å². The Morgan fingerprint density at radius 3 is 2.78 bits per heavy atom. The van der Waals surface area contributed by atoms with Gasteiger partial charge in [0.2, 0.25) is 0 Å². The first-order valence-electron chi connectivity index (χ1n) is 6.65. The quantitative estimate of drug-likeness (QED) is 0.766. The number of ether oxygens (including phenoxy) is 1. The Bertz CT molecular complexity index is 297. The Morgan fingerprint density at radius 2 is 2.11 bits per heavy atom. The third-order valence-corrected chi connectivity index (χ3v) is 4.41. The number of carbonyl (C=O) groups is 1. The minimum Gasteiger partial charge on any atom is -0.468 e. The first-order chi connectivity index (χ1) is 8.04. The molecule has 1 aliphatic heterocycles.